The number of non-ortho nitro benzene ring substituents is 1. The van der Waals surface area contributed by atoms with Crippen molar-refractivity contribution in [3.63, 3.8) is 0 Å². The summed E-state index contributed by atoms with van der Waals surface area (Å²) < 4.78 is 0. The van der Waals surface area contributed by atoms with E-state index in [0.717, 1.165) is 48.3 Å². The summed E-state index contributed by atoms with van der Waals surface area (Å²) >= 11 is 0. The summed E-state index contributed by atoms with van der Waals surface area (Å²) in [7, 11) is 0. The number of rotatable bonds is 5. The third-order valence-electron chi connectivity index (χ3n) is 5.15. The standard InChI is InChI=1S/C21H25N3O3/c1-15-7-6-8-16(2)19(15)22-21(25)20(23-13-4-3-5-14-23)17-9-11-18(12-10-17)24(26)27/h6-12,20H,3-5,13-14H2,1-2H3,(H,22,25). The van der Waals surface area contributed by atoms with Crippen LogP contribution in [0, 0.1) is 24.0 Å². The highest BCUT2D eigenvalue weighted by Gasteiger charge is 2.29. The first-order valence-corrected chi connectivity index (χ1v) is 9.33. The predicted molar refractivity (Wildman–Crippen MR) is 106 cm³/mol. The summed E-state index contributed by atoms with van der Waals surface area (Å²) in [6, 6.07) is 11.8. The number of para-hydroxylation sites is 1. The van der Waals surface area contributed by atoms with Crippen LogP contribution in [0.4, 0.5) is 11.4 Å². The van der Waals surface area contributed by atoms with E-state index in [2.05, 4.69) is 10.2 Å². The monoisotopic (exact) mass is 367 g/mol. The zero-order valence-corrected chi connectivity index (χ0v) is 15.8. The minimum Gasteiger partial charge on any atom is -0.324 e. The number of benzene rings is 2. The third kappa shape index (κ3) is 4.34. The molecule has 1 saturated heterocycles. The Morgan fingerprint density at radius 3 is 2.19 bits per heavy atom. The van der Waals surface area contributed by atoms with Crippen LogP contribution in [0.3, 0.4) is 0 Å². The minimum atomic E-state index is -0.454. The first-order chi connectivity index (χ1) is 13.0. The molecule has 2 aromatic rings. The van der Waals surface area contributed by atoms with Gasteiger partial charge in [0.2, 0.25) is 5.91 Å². The van der Waals surface area contributed by atoms with Crippen molar-refractivity contribution in [1.82, 2.24) is 4.90 Å². The summed E-state index contributed by atoms with van der Waals surface area (Å²) in [5.74, 6) is -0.0943. The maximum atomic E-state index is 13.2. The molecule has 1 fully saturated rings. The highest BCUT2D eigenvalue weighted by atomic mass is 16.6. The van der Waals surface area contributed by atoms with Crippen molar-refractivity contribution < 1.29 is 9.72 Å². The van der Waals surface area contributed by atoms with Crippen molar-refractivity contribution >= 4 is 17.3 Å². The van der Waals surface area contributed by atoms with Crippen molar-refractivity contribution in [2.75, 3.05) is 18.4 Å². The Labute approximate surface area is 159 Å². The van der Waals surface area contributed by atoms with E-state index in [-0.39, 0.29) is 11.6 Å². The molecule has 1 unspecified atom stereocenters. The first kappa shape index (κ1) is 19.0. The fourth-order valence-corrected chi connectivity index (χ4v) is 3.69. The number of piperidine rings is 1. The summed E-state index contributed by atoms with van der Waals surface area (Å²) in [6.45, 7) is 5.65. The van der Waals surface area contributed by atoms with E-state index in [4.69, 9.17) is 0 Å². The van der Waals surface area contributed by atoms with Gasteiger partial charge in [0.25, 0.3) is 5.69 Å². The average molecular weight is 367 g/mol. The minimum absolute atomic E-state index is 0.0336. The van der Waals surface area contributed by atoms with Crippen molar-refractivity contribution in [1.29, 1.82) is 0 Å². The number of aryl methyl sites for hydroxylation is 2. The fourth-order valence-electron chi connectivity index (χ4n) is 3.69. The molecular formula is C21H25N3O3. The topological polar surface area (TPSA) is 75.5 Å². The molecule has 1 heterocycles. The van der Waals surface area contributed by atoms with E-state index in [1.54, 1.807) is 12.1 Å². The number of nitrogens with one attached hydrogen (secondary N) is 1. The Kier molecular flexibility index (Phi) is 5.86. The van der Waals surface area contributed by atoms with E-state index >= 15 is 0 Å². The number of nitro groups is 1. The molecule has 0 saturated carbocycles. The maximum absolute atomic E-state index is 13.2. The summed E-state index contributed by atoms with van der Waals surface area (Å²) in [5.41, 5.74) is 3.69. The van der Waals surface area contributed by atoms with E-state index in [1.165, 1.54) is 18.6 Å². The zero-order valence-electron chi connectivity index (χ0n) is 15.8. The van der Waals surface area contributed by atoms with Crippen LogP contribution >= 0.6 is 0 Å². The number of carbonyl (C=O) groups is 1. The lowest BCUT2D eigenvalue weighted by molar-refractivity contribution is -0.384. The molecule has 0 aromatic heterocycles. The van der Waals surface area contributed by atoms with Crippen LogP contribution in [0.5, 0.6) is 0 Å². The Hall–Kier alpha value is -2.73. The van der Waals surface area contributed by atoms with Crippen molar-refractivity contribution in [3.8, 4) is 0 Å². The second-order valence-corrected chi connectivity index (χ2v) is 7.10. The molecule has 1 aliphatic heterocycles. The molecule has 0 aliphatic carbocycles. The van der Waals surface area contributed by atoms with Gasteiger partial charge in [-0.3, -0.25) is 19.8 Å². The van der Waals surface area contributed by atoms with Crippen molar-refractivity contribution in [3.05, 3.63) is 69.3 Å². The van der Waals surface area contributed by atoms with Crippen LogP contribution in [-0.4, -0.2) is 28.8 Å². The molecule has 0 spiro atoms. The Morgan fingerprint density at radius 2 is 1.63 bits per heavy atom. The quantitative estimate of drug-likeness (QED) is 0.629. The van der Waals surface area contributed by atoms with Crippen LogP contribution in [0.1, 0.15) is 42.0 Å². The number of likely N-dealkylation sites (tertiary alicyclic amines) is 1. The van der Waals surface area contributed by atoms with Crippen molar-refractivity contribution in [2.24, 2.45) is 0 Å². The Bertz CT molecular complexity index is 807. The third-order valence-corrected chi connectivity index (χ3v) is 5.15. The Morgan fingerprint density at radius 1 is 1.04 bits per heavy atom. The number of nitro benzene ring substituents is 1. The Balaban J connectivity index is 1.91. The molecule has 0 radical (unpaired) electrons. The van der Waals surface area contributed by atoms with E-state index in [9.17, 15) is 14.9 Å². The number of nitrogens with zero attached hydrogens (tertiary/aromatic N) is 2. The SMILES string of the molecule is Cc1cccc(C)c1NC(=O)C(c1ccc([N+](=O)[O-])cc1)N1CCCCC1. The van der Waals surface area contributed by atoms with Gasteiger partial charge < -0.3 is 5.32 Å². The van der Waals surface area contributed by atoms with Gasteiger partial charge in [0.05, 0.1) is 4.92 Å². The van der Waals surface area contributed by atoms with Gasteiger partial charge in [0.15, 0.2) is 0 Å². The highest BCUT2D eigenvalue weighted by Crippen LogP contribution is 2.29. The normalized spacial score (nSPS) is 15.9. The van der Waals surface area contributed by atoms with Crippen LogP contribution < -0.4 is 5.32 Å². The van der Waals surface area contributed by atoms with Gasteiger partial charge in [-0.05, 0) is 56.5 Å². The van der Waals surface area contributed by atoms with Gasteiger partial charge in [-0.1, -0.05) is 36.8 Å². The largest absolute Gasteiger partial charge is 0.324 e. The zero-order chi connectivity index (χ0) is 19.4. The molecule has 1 aliphatic rings. The molecule has 27 heavy (non-hydrogen) atoms. The lowest BCUT2D eigenvalue weighted by Crippen LogP contribution is -2.40. The molecule has 1 atom stereocenters. The smallest absolute Gasteiger partial charge is 0.269 e. The lowest BCUT2D eigenvalue weighted by atomic mass is 10.00. The highest BCUT2D eigenvalue weighted by molar-refractivity contribution is 5.96. The second-order valence-electron chi connectivity index (χ2n) is 7.10. The maximum Gasteiger partial charge on any atom is 0.269 e. The van der Waals surface area contributed by atoms with E-state index < -0.39 is 11.0 Å². The summed E-state index contributed by atoms with van der Waals surface area (Å²) in [6.07, 6.45) is 3.28. The molecular weight excluding hydrogens is 342 g/mol. The summed E-state index contributed by atoms with van der Waals surface area (Å²) in [5, 5.41) is 14.0. The number of hydrogen-bond donors (Lipinski definition) is 1. The van der Waals surface area contributed by atoms with Gasteiger partial charge in [-0.15, -0.1) is 0 Å². The van der Waals surface area contributed by atoms with Gasteiger partial charge >= 0.3 is 0 Å². The number of anilines is 1. The predicted octanol–water partition coefficient (Wildman–Crippen LogP) is 4.38. The number of carbonyl (C=O) groups excluding carboxylic acids is 1. The van der Waals surface area contributed by atoms with Crippen molar-refractivity contribution in [2.45, 2.75) is 39.2 Å². The molecule has 1 amide bonds. The average Bonchev–Trinajstić information content (AvgIpc) is 2.66. The van der Waals surface area contributed by atoms with Gasteiger partial charge in [-0.2, -0.15) is 0 Å². The fraction of sp³-hybridized carbons (Fsp3) is 0.381. The molecule has 142 valence electrons. The van der Waals surface area contributed by atoms with Crippen LogP contribution in [0.15, 0.2) is 42.5 Å². The van der Waals surface area contributed by atoms with Crippen LogP contribution in [-0.2, 0) is 4.79 Å². The van der Waals surface area contributed by atoms with E-state index in [0.29, 0.717) is 0 Å². The van der Waals surface area contributed by atoms with Crippen LogP contribution in [0.25, 0.3) is 0 Å². The molecule has 1 N–H and O–H groups in total. The molecule has 6 nitrogen and oxygen atoms in total. The number of hydrogen-bond acceptors (Lipinski definition) is 4. The van der Waals surface area contributed by atoms with Gasteiger partial charge in [-0.25, -0.2) is 0 Å². The molecule has 2 aromatic carbocycles. The molecule has 0 bridgehead atoms. The molecule has 3 rings (SSSR count). The van der Waals surface area contributed by atoms with E-state index in [1.807, 2.05) is 32.0 Å². The lowest BCUT2D eigenvalue weighted by Gasteiger charge is -2.34. The van der Waals surface area contributed by atoms with Crippen LogP contribution in [0.2, 0.25) is 0 Å². The number of amides is 1. The van der Waals surface area contributed by atoms with Gasteiger partial charge in [0, 0.05) is 17.8 Å². The first-order valence-electron chi connectivity index (χ1n) is 9.33. The summed E-state index contributed by atoms with van der Waals surface area (Å²) in [4.78, 5) is 26.0. The van der Waals surface area contributed by atoms with Gasteiger partial charge in [0.1, 0.15) is 6.04 Å². The molecule has 6 heteroatoms. The second kappa shape index (κ2) is 8.31.